The minimum absolute atomic E-state index is 0.645. The summed E-state index contributed by atoms with van der Waals surface area (Å²) >= 11 is 3.58. The van der Waals surface area contributed by atoms with Crippen LogP contribution >= 0.6 is 15.9 Å². The van der Waals surface area contributed by atoms with Gasteiger partial charge in [0.25, 0.3) is 0 Å². The van der Waals surface area contributed by atoms with Gasteiger partial charge in [0.2, 0.25) is 11.7 Å². The van der Waals surface area contributed by atoms with Crippen molar-refractivity contribution >= 4 is 21.6 Å². The Morgan fingerprint density at radius 3 is 2.64 bits per heavy atom. The molecule has 28 heavy (non-hydrogen) atoms. The van der Waals surface area contributed by atoms with Crippen LogP contribution in [0.25, 0.3) is 11.4 Å². The molecular formula is C21H20BrN5O. The Morgan fingerprint density at radius 2 is 1.93 bits per heavy atom. The van der Waals surface area contributed by atoms with Crippen LogP contribution in [0, 0.1) is 18.3 Å². The molecule has 0 atom stereocenters. The average molecular weight is 438 g/mol. The normalized spacial score (nSPS) is 14.8. The van der Waals surface area contributed by atoms with Gasteiger partial charge >= 0.3 is 0 Å². The monoisotopic (exact) mass is 437 g/mol. The molecule has 0 aliphatic carbocycles. The summed E-state index contributed by atoms with van der Waals surface area (Å²) in [6, 6.07) is 16.0. The lowest BCUT2D eigenvalue weighted by molar-refractivity contribution is 0.215. The number of aromatic nitrogens is 2. The molecule has 1 saturated heterocycles. The summed E-state index contributed by atoms with van der Waals surface area (Å²) in [6.07, 6.45) is 0. The number of nitrogens with zero attached hydrogens (tertiary/aromatic N) is 5. The Morgan fingerprint density at radius 1 is 1.14 bits per heavy atom. The zero-order valence-electron chi connectivity index (χ0n) is 15.6. The second-order valence-electron chi connectivity index (χ2n) is 6.87. The predicted octanol–water partition coefficient (Wildman–Crippen LogP) is 4.00. The lowest BCUT2D eigenvalue weighted by Gasteiger charge is -2.35. The van der Waals surface area contributed by atoms with Gasteiger partial charge < -0.3 is 9.42 Å². The van der Waals surface area contributed by atoms with Gasteiger partial charge in [-0.3, -0.25) is 4.90 Å². The first-order chi connectivity index (χ1) is 13.6. The van der Waals surface area contributed by atoms with Gasteiger partial charge in [0, 0.05) is 36.2 Å². The van der Waals surface area contributed by atoms with Crippen LogP contribution in [0.1, 0.15) is 17.0 Å². The van der Waals surface area contributed by atoms with Gasteiger partial charge in [-0.15, -0.1) is 0 Å². The van der Waals surface area contributed by atoms with E-state index in [0.717, 1.165) is 47.5 Å². The van der Waals surface area contributed by atoms with E-state index in [1.54, 1.807) is 0 Å². The quantitative estimate of drug-likeness (QED) is 0.614. The van der Waals surface area contributed by atoms with Crippen molar-refractivity contribution in [3.8, 4) is 17.5 Å². The third-order valence-electron chi connectivity index (χ3n) is 5.00. The van der Waals surface area contributed by atoms with Crippen molar-refractivity contribution < 1.29 is 4.52 Å². The largest absolute Gasteiger partial charge is 0.368 e. The SMILES string of the molecule is Cc1ccccc1-c1noc(CN2CCN(c3ccc(C#N)cc3Br)CC2)n1. The van der Waals surface area contributed by atoms with Crippen molar-refractivity contribution in [2.75, 3.05) is 31.1 Å². The maximum Gasteiger partial charge on any atom is 0.241 e. The summed E-state index contributed by atoms with van der Waals surface area (Å²) in [5, 5.41) is 13.2. The van der Waals surface area contributed by atoms with E-state index in [9.17, 15) is 0 Å². The first-order valence-electron chi connectivity index (χ1n) is 9.19. The molecule has 0 N–H and O–H groups in total. The molecule has 1 aliphatic heterocycles. The molecule has 0 amide bonds. The molecule has 142 valence electrons. The van der Waals surface area contributed by atoms with E-state index >= 15 is 0 Å². The van der Waals surface area contributed by atoms with E-state index < -0.39 is 0 Å². The van der Waals surface area contributed by atoms with Gasteiger partial charge in [0.15, 0.2) is 0 Å². The number of hydrogen-bond donors (Lipinski definition) is 0. The van der Waals surface area contributed by atoms with Crippen LogP contribution in [0.3, 0.4) is 0 Å². The van der Waals surface area contributed by atoms with Gasteiger partial charge in [0.1, 0.15) is 0 Å². The van der Waals surface area contributed by atoms with Crippen LogP contribution in [0.5, 0.6) is 0 Å². The summed E-state index contributed by atoms with van der Waals surface area (Å²) in [4.78, 5) is 9.22. The molecule has 6 nitrogen and oxygen atoms in total. The molecule has 0 bridgehead atoms. The van der Waals surface area contributed by atoms with E-state index in [4.69, 9.17) is 9.78 Å². The minimum Gasteiger partial charge on any atom is -0.368 e. The maximum absolute atomic E-state index is 9.02. The molecule has 1 aromatic heterocycles. The van der Waals surface area contributed by atoms with Gasteiger partial charge in [0.05, 0.1) is 23.9 Å². The van der Waals surface area contributed by atoms with Crippen LogP contribution < -0.4 is 4.90 Å². The molecule has 7 heteroatoms. The highest BCUT2D eigenvalue weighted by Gasteiger charge is 2.21. The zero-order chi connectivity index (χ0) is 19.5. The molecule has 1 fully saturated rings. The molecule has 1 aliphatic rings. The van der Waals surface area contributed by atoms with Crippen molar-refractivity contribution in [1.29, 1.82) is 5.26 Å². The first kappa shape index (κ1) is 18.7. The van der Waals surface area contributed by atoms with E-state index in [2.05, 4.69) is 41.9 Å². The van der Waals surface area contributed by atoms with Crippen LogP contribution in [0.4, 0.5) is 5.69 Å². The van der Waals surface area contributed by atoms with Crippen LogP contribution in [-0.2, 0) is 6.54 Å². The number of benzene rings is 2. The highest BCUT2D eigenvalue weighted by Crippen LogP contribution is 2.28. The van der Waals surface area contributed by atoms with Crippen molar-refractivity contribution in [1.82, 2.24) is 15.0 Å². The fourth-order valence-electron chi connectivity index (χ4n) is 3.42. The minimum atomic E-state index is 0.645. The number of aryl methyl sites for hydroxylation is 1. The fraction of sp³-hybridized carbons (Fsp3) is 0.286. The van der Waals surface area contributed by atoms with Crippen molar-refractivity contribution in [2.24, 2.45) is 0 Å². The topological polar surface area (TPSA) is 69.2 Å². The first-order valence-corrected chi connectivity index (χ1v) is 9.99. The molecule has 0 spiro atoms. The predicted molar refractivity (Wildman–Crippen MR) is 111 cm³/mol. The van der Waals surface area contributed by atoms with Crippen molar-refractivity contribution in [3.05, 3.63) is 64.0 Å². The molecule has 0 unspecified atom stereocenters. The highest BCUT2D eigenvalue weighted by molar-refractivity contribution is 9.10. The summed E-state index contributed by atoms with van der Waals surface area (Å²) in [7, 11) is 0. The summed E-state index contributed by atoms with van der Waals surface area (Å²) in [5.74, 6) is 1.29. The highest BCUT2D eigenvalue weighted by atomic mass is 79.9. The van der Waals surface area contributed by atoms with E-state index in [1.165, 1.54) is 0 Å². The summed E-state index contributed by atoms with van der Waals surface area (Å²) in [5.41, 5.74) is 3.93. The zero-order valence-corrected chi connectivity index (χ0v) is 17.2. The van der Waals surface area contributed by atoms with Gasteiger partial charge in [-0.2, -0.15) is 10.2 Å². The Hall–Kier alpha value is -2.69. The standard InChI is InChI=1S/C21H20BrN5O/c1-15-4-2-3-5-17(15)21-24-20(28-25-21)14-26-8-10-27(11-9-26)19-7-6-16(13-23)12-18(19)22/h2-7,12H,8-11,14H2,1H3. The average Bonchev–Trinajstić information content (AvgIpc) is 3.17. The number of rotatable bonds is 4. The lowest BCUT2D eigenvalue weighted by atomic mass is 10.1. The van der Waals surface area contributed by atoms with Crippen LogP contribution in [0.2, 0.25) is 0 Å². The molecular weight excluding hydrogens is 418 g/mol. The molecule has 2 heterocycles. The molecule has 0 radical (unpaired) electrons. The summed E-state index contributed by atoms with van der Waals surface area (Å²) in [6.45, 7) is 6.34. The summed E-state index contributed by atoms with van der Waals surface area (Å²) < 4.78 is 6.44. The Labute approximate surface area is 172 Å². The number of hydrogen-bond acceptors (Lipinski definition) is 6. The molecule has 2 aromatic carbocycles. The third kappa shape index (κ3) is 3.93. The second-order valence-corrected chi connectivity index (χ2v) is 7.72. The number of anilines is 1. The Bertz CT molecular complexity index is 1020. The van der Waals surface area contributed by atoms with Crippen molar-refractivity contribution in [2.45, 2.75) is 13.5 Å². The second kappa shape index (κ2) is 8.13. The van der Waals surface area contributed by atoms with E-state index in [-0.39, 0.29) is 0 Å². The maximum atomic E-state index is 9.02. The van der Waals surface area contributed by atoms with E-state index in [1.807, 2.05) is 49.4 Å². The van der Waals surface area contributed by atoms with Crippen LogP contribution in [-0.4, -0.2) is 41.2 Å². The Kier molecular flexibility index (Phi) is 5.42. The number of nitriles is 1. The molecule has 4 rings (SSSR count). The van der Waals surface area contributed by atoms with Crippen molar-refractivity contribution in [3.63, 3.8) is 0 Å². The third-order valence-corrected chi connectivity index (χ3v) is 5.64. The Balaban J connectivity index is 1.38. The van der Waals surface area contributed by atoms with Gasteiger partial charge in [-0.25, -0.2) is 0 Å². The van der Waals surface area contributed by atoms with Gasteiger partial charge in [-0.1, -0.05) is 29.4 Å². The molecule has 3 aromatic rings. The smallest absolute Gasteiger partial charge is 0.241 e. The lowest BCUT2D eigenvalue weighted by Crippen LogP contribution is -2.46. The van der Waals surface area contributed by atoms with E-state index in [0.29, 0.717) is 23.8 Å². The molecule has 0 saturated carbocycles. The van der Waals surface area contributed by atoms with Gasteiger partial charge in [-0.05, 0) is 46.6 Å². The van der Waals surface area contributed by atoms with Crippen LogP contribution in [0.15, 0.2) is 51.5 Å². The fourth-order valence-corrected chi connectivity index (χ4v) is 4.05. The number of piperazine rings is 1. The number of halogens is 1.